The average molecular weight is 294 g/mol. The van der Waals surface area contributed by atoms with Gasteiger partial charge in [-0.05, 0) is 43.4 Å². The Morgan fingerprint density at radius 3 is 2.48 bits per heavy atom. The van der Waals surface area contributed by atoms with Crippen LogP contribution in [0.15, 0.2) is 4.52 Å². The Morgan fingerprint density at radius 2 is 1.90 bits per heavy atom. The van der Waals surface area contributed by atoms with Crippen LogP contribution in [0.2, 0.25) is 0 Å². The van der Waals surface area contributed by atoms with Crippen LogP contribution in [-0.4, -0.2) is 21.4 Å². The van der Waals surface area contributed by atoms with Crippen LogP contribution >= 0.6 is 0 Å². The van der Waals surface area contributed by atoms with Gasteiger partial charge in [-0.2, -0.15) is 4.98 Å². The first kappa shape index (κ1) is 16.5. The molecule has 1 fully saturated rings. The zero-order valence-electron chi connectivity index (χ0n) is 13.9. The summed E-state index contributed by atoms with van der Waals surface area (Å²) in [6.07, 6.45) is 6.68. The van der Waals surface area contributed by atoms with Gasteiger partial charge in [0.2, 0.25) is 5.89 Å². The molecule has 120 valence electrons. The summed E-state index contributed by atoms with van der Waals surface area (Å²) in [7, 11) is 0. The molecule has 1 atom stereocenters. The van der Waals surface area contributed by atoms with Crippen LogP contribution in [0.5, 0.6) is 0 Å². The second-order valence-electron chi connectivity index (χ2n) is 7.61. The van der Waals surface area contributed by atoms with E-state index in [2.05, 4.69) is 37.8 Å². The van der Waals surface area contributed by atoms with Crippen LogP contribution in [0.4, 0.5) is 0 Å². The molecule has 4 nitrogen and oxygen atoms in total. The van der Waals surface area contributed by atoms with Crippen molar-refractivity contribution >= 4 is 0 Å². The summed E-state index contributed by atoms with van der Waals surface area (Å²) < 4.78 is 5.31. The van der Waals surface area contributed by atoms with Crippen LogP contribution in [0, 0.1) is 11.3 Å². The highest BCUT2D eigenvalue weighted by Crippen LogP contribution is 2.42. The highest BCUT2D eigenvalue weighted by molar-refractivity contribution is 4.99. The molecule has 1 unspecified atom stereocenters. The second kappa shape index (κ2) is 6.91. The predicted octanol–water partition coefficient (Wildman–Crippen LogP) is 4.09. The van der Waals surface area contributed by atoms with E-state index in [1.165, 1.54) is 12.8 Å². The van der Waals surface area contributed by atoms with Crippen molar-refractivity contribution in [1.29, 1.82) is 0 Å². The molecule has 1 heterocycles. The monoisotopic (exact) mass is 294 g/mol. The number of aliphatic hydroxyl groups is 1. The summed E-state index contributed by atoms with van der Waals surface area (Å²) in [6, 6.07) is 0. The second-order valence-corrected chi connectivity index (χ2v) is 7.61. The van der Waals surface area contributed by atoms with Crippen LogP contribution in [0.3, 0.4) is 0 Å². The van der Waals surface area contributed by atoms with Crippen molar-refractivity contribution in [3.63, 3.8) is 0 Å². The SMILES string of the molecule is CCCC(O)Cc1nc(C2CCC(C(C)(C)C)CC2)no1. The highest BCUT2D eigenvalue weighted by Gasteiger charge is 2.32. The number of hydrogen-bond acceptors (Lipinski definition) is 4. The van der Waals surface area contributed by atoms with Gasteiger partial charge in [0.15, 0.2) is 5.82 Å². The third-order valence-electron chi connectivity index (χ3n) is 4.83. The van der Waals surface area contributed by atoms with E-state index in [1.807, 2.05) is 0 Å². The van der Waals surface area contributed by atoms with Gasteiger partial charge in [0.25, 0.3) is 0 Å². The van der Waals surface area contributed by atoms with Gasteiger partial charge in [0, 0.05) is 5.92 Å². The number of hydrogen-bond donors (Lipinski definition) is 1. The van der Waals surface area contributed by atoms with Crippen molar-refractivity contribution in [3.05, 3.63) is 11.7 Å². The lowest BCUT2D eigenvalue weighted by Gasteiger charge is -2.36. The minimum atomic E-state index is -0.361. The maximum atomic E-state index is 9.82. The summed E-state index contributed by atoms with van der Waals surface area (Å²) >= 11 is 0. The first-order valence-corrected chi connectivity index (χ1v) is 8.40. The number of rotatable bonds is 5. The van der Waals surface area contributed by atoms with Gasteiger partial charge in [-0.25, -0.2) is 0 Å². The first-order valence-electron chi connectivity index (χ1n) is 8.40. The average Bonchev–Trinajstić information content (AvgIpc) is 2.86. The van der Waals surface area contributed by atoms with Gasteiger partial charge < -0.3 is 9.63 Å². The molecule has 0 spiro atoms. The highest BCUT2D eigenvalue weighted by atomic mass is 16.5. The van der Waals surface area contributed by atoms with Gasteiger partial charge >= 0.3 is 0 Å². The zero-order chi connectivity index (χ0) is 15.5. The third-order valence-corrected chi connectivity index (χ3v) is 4.83. The van der Waals surface area contributed by atoms with E-state index in [9.17, 15) is 5.11 Å². The lowest BCUT2D eigenvalue weighted by Crippen LogP contribution is -2.25. The first-order chi connectivity index (χ1) is 9.90. The summed E-state index contributed by atoms with van der Waals surface area (Å²) in [5, 5.41) is 14.0. The van der Waals surface area contributed by atoms with Crippen LogP contribution in [0.1, 0.15) is 83.9 Å². The van der Waals surface area contributed by atoms with Gasteiger partial charge in [-0.1, -0.05) is 39.3 Å². The maximum absolute atomic E-state index is 9.82. The van der Waals surface area contributed by atoms with Crippen LogP contribution in [0.25, 0.3) is 0 Å². The number of aliphatic hydroxyl groups excluding tert-OH is 1. The fourth-order valence-corrected chi connectivity index (χ4v) is 3.37. The molecule has 2 rings (SSSR count). The van der Waals surface area contributed by atoms with Crippen LogP contribution in [-0.2, 0) is 6.42 Å². The topological polar surface area (TPSA) is 59.2 Å². The van der Waals surface area contributed by atoms with Crippen molar-refractivity contribution in [3.8, 4) is 0 Å². The van der Waals surface area contributed by atoms with Crippen molar-refractivity contribution in [2.24, 2.45) is 11.3 Å². The molecule has 0 aromatic carbocycles. The van der Waals surface area contributed by atoms with Crippen molar-refractivity contribution in [2.75, 3.05) is 0 Å². The van der Waals surface area contributed by atoms with E-state index in [1.54, 1.807) is 0 Å². The molecule has 0 bridgehead atoms. The molecule has 1 N–H and O–H groups in total. The minimum Gasteiger partial charge on any atom is -0.393 e. The van der Waals surface area contributed by atoms with Gasteiger partial charge in [0.1, 0.15) is 0 Å². The Labute approximate surface area is 128 Å². The Balaban J connectivity index is 1.88. The molecule has 1 saturated carbocycles. The van der Waals surface area contributed by atoms with Crippen LogP contribution < -0.4 is 0 Å². The molecule has 1 aromatic rings. The largest absolute Gasteiger partial charge is 0.393 e. The normalized spacial score (nSPS) is 25.0. The Hall–Kier alpha value is -0.900. The molecule has 4 heteroatoms. The predicted molar refractivity (Wildman–Crippen MR) is 83.1 cm³/mol. The molecule has 21 heavy (non-hydrogen) atoms. The standard InChI is InChI=1S/C17H30N2O2/c1-5-6-14(20)11-15-18-16(19-21-15)12-7-9-13(10-8-12)17(2,3)4/h12-14,20H,5-11H2,1-4H3. The molecule has 1 aliphatic carbocycles. The minimum absolute atomic E-state index is 0.361. The molecule has 0 saturated heterocycles. The number of nitrogens with zero attached hydrogens (tertiary/aromatic N) is 2. The van der Waals surface area contributed by atoms with Gasteiger partial charge in [-0.3, -0.25) is 0 Å². The molecule has 0 radical (unpaired) electrons. The van der Waals surface area contributed by atoms with Crippen molar-refractivity contribution in [1.82, 2.24) is 10.1 Å². The Morgan fingerprint density at radius 1 is 1.24 bits per heavy atom. The summed E-state index contributed by atoms with van der Waals surface area (Å²) in [5.74, 6) is 2.67. The molecule has 1 aromatic heterocycles. The van der Waals surface area contributed by atoms with Gasteiger partial charge in [0.05, 0.1) is 12.5 Å². The fraction of sp³-hybridized carbons (Fsp3) is 0.882. The lowest BCUT2D eigenvalue weighted by molar-refractivity contribution is 0.151. The Bertz CT molecular complexity index is 428. The summed E-state index contributed by atoms with van der Waals surface area (Å²) in [4.78, 5) is 4.51. The Kier molecular flexibility index (Phi) is 5.42. The number of aromatic nitrogens is 2. The van der Waals surface area contributed by atoms with E-state index >= 15 is 0 Å². The smallest absolute Gasteiger partial charge is 0.229 e. The van der Waals surface area contributed by atoms with Crippen molar-refractivity contribution < 1.29 is 9.63 Å². The van der Waals surface area contributed by atoms with E-state index in [0.29, 0.717) is 23.6 Å². The molecular weight excluding hydrogens is 264 g/mol. The molecular formula is C17H30N2O2. The van der Waals surface area contributed by atoms with E-state index in [4.69, 9.17) is 4.52 Å². The van der Waals surface area contributed by atoms with Gasteiger partial charge in [-0.15, -0.1) is 0 Å². The third kappa shape index (κ3) is 4.53. The lowest BCUT2D eigenvalue weighted by atomic mass is 9.70. The molecule has 0 aliphatic heterocycles. The summed E-state index contributed by atoms with van der Waals surface area (Å²) in [6.45, 7) is 9.06. The quantitative estimate of drug-likeness (QED) is 0.888. The maximum Gasteiger partial charge on any atom is 0.229 e. The van der Waals surface area contributed by atoms with E-state index in [0.717, 1.165) is 37.4 Å². The molecule has 1 aliphatic rings. The fourth-order valence-electron chi connectivity index (χ4n) is 3.37. The van der Waals surface area contributed by atoms with E-state index < -0.39 is 0 Å². The summed E-state index contributed by atoms with van der Waals surface area (Å²) in [5.41, 5.74) is 0.400. The molecule has 0 amide bonds. The zero-order valence-corrected chi connectivity index (χ0v) is 13.9. The van der Waals surface area contributed by atoms with E-state index in [-0.39, 0.29) is 6.10 Å². The van der Waals surface area contributed by atoms with Crippen molar-refractivity contribution in [2.45, 2.75) is 84.7 Å².